The van der Waals surface area contributed by atoms with E-state index in [1.165, 1.54) is 23.5 Å². The molecule has 0 atom stereocenters. The van der Waals surface area contributed by atoms with Gasteiger partial charge in [-0.15, -0.1) is 11.3 Å². The summed E-state index contributed by atoms with van der Waals surface area (Å²) in [6.07, 6.45) is 1.54. The Hall–Kier alpha value is -3.02. The number of amides is 1. The van der Waals surface area contributed by atoms with Gasteiger partial charge < -0.3 is 4.74 Å². The molecule has 0 aliphatic rings. The minimum atomic E-state index is -0.462. The summed E-state index contributed by atoms with van der Waals surface area (Å²) >= 11 is 9.33. The third kappa shape index (κ3) is 5.86. The van der Waals surface area contributed by atoms with Crippen molar-refractivity contribution in [3.05, 3.63) is 101 Å². The molecular weight excluding hydrogens is 577 g/mol. The fourth-order valence-electron chi connectivity index (χ4n) is 2.93. The SMILES string of the molecule is O=C(N/N=C\c1ccc(OCc2ccc(Cl)cc2)c(I)c1)c1cc2cc([N+](=O)[O-])ccc2s1. The van der Waals surface area contributed by atoms with Crippen LogP contribution < -0.4 is 10.2 Å². The normalized spacial score (nSPS) is 11.1. The first-order valence-corrected chi connectivity index (χ1v) is 11.8. The summed E-state index contributed by atoms with van der Waals surface area (Å²) in [6.45, 7) is 0.426. The van der Waals surface area contributed by atoms with E-state index in [9.17, 15) is 14.9 Å². The molecule has 0 aliphatic heterocycles. The van der Waals surface area contributed by atoms with E-state index in [0.717, 1.165) is 25.1 Å². The number of non-ortho nitro benzene ring substituents is 1. The lowest BCUT2D eigenvalue weighted by atomic mass is 10.2. The van der Waals surface area contributed by atoms with E-state index in [1.807, 2.05) is 42.5 Å². The summed E-state index contributed by atoms with van der Waals surface area (Å²) in [5.41, 5.74) is 4.29. The largest absolute Gasteiger partial charge is 0.488 e. The molecule has 7 nitrogen and oxygen atoms in total. The first kappa shape index (κ1) is 23.1. The molecule has 0 fully saturated rings. The van der Waals surface area contributed by atoms with Crippen LogP contribution in [0.15, 0.2) is 71.8 Å². The molecule has 1 aromatic heterocycles. The molecule has 0 spiro atoms. The first-order chi connectivity index (χ1) is 15.9. The van der Waals surface area contributed by atoms with Gasteiger partial charge in [0.25, 0.3) is 11.6 Å². The quantitative estimate of drug-likeness (QED) is 0.116. The van der Waals surface area contributed by atoms with Gasteiger partial charge in [-0.1, -0.05) is 23.7 Å². The van der Waals surface area contributed by atoms with Crippen LogP contribution >= 0.6 is 45.5 Å². The van der Waals surface area contributed by atoms with Gasteiger partial charge in [-0.2, -0.15) is 5.10 Å². The predicted molar refractivity (Wildman–Crippen MR) is 138 cm³/mol. The topological polar surface area (TPSA) is 93.8 Å². The molecule has 1 N–H and O–H groups in total. The van der Waals surface area contributed by atoms with Crippen LogP contribution in [0.5, 0.6) is 5.75 Å². The Balaban J connectivity index is 1.37. The summed E-state index contributed by atoms with van der Waals surface area (Å²) in [5, 5.41) is 16.3. The average Bonchev–Trinajstić information content (AvgIpc) is 3.23. The number of carbonyl (C=O) groups excluding carboxylic acids is 1. The predicted octanol–water partition coefficient (Wildman–Crippen LogP) is 6.41. The number of nitrogens with one attached hydrogen (secondary N) is 1. The molecule has 0 unspecified atom stereocenters. The highest BCUT2D eigenvalue weighted by atomic mass is 127. The van der Waals surface area contributed by atoms with Gasteiger partial charge in [0.15, 0.2) is 0 Å². The first-order valence-electron chi connectivity index (χ1n) is 9.57. The fourth-order valence-corrected chi connectivity index (χ4v) is 4.69. The zero-order chi connectivity index (χ0) is 23.4. The molecule has 0 bridgehead atoms. The smallest absolute Gasteiger partial charge is 0.281 e. The molecule has 1 heterocycles. The van der Waals surface area contributed by atoms with Crippen LogP contribution in [0.25, 0.3) is 10.1 Å². The average molecular weight is 592 g/mol. The fraction of sp³-hybridized carbons (Fsp3) is 0.0435. The van der Waals surface area contributed by atoms with Crippen molar-refractivity contribution in [1.29, 1.82) is 0 Å². The van der Waals surface area contributed by atoms with Gasteiger partial charge in [0.2, 0.25) is 0 Å². The second kappa shape index (κ2) is 10.3. The number of thiophene rings is 1. The highest BCUT2D eigenvalue weighted by Gasteiger charge is 2.13. The number of nitro benzene ring substituents is 1. The number of halogens is 2. The minimum Gasteiger partial charge on any atom is -0.488 e. The van der Waals surface area contributed by atoms with Crippen LogP contribution in [0.1, 0.15) is 20.8 Å². The van der Waals surface area contributed by atoms with Gasteiger partial charge in [0, 0.05) is 27.2 Å². The summed E-state index contributed by atoms with van der Waals surface area (Å²) in [6, 6.07) is 19.2. The maximum Gasteiger partial charge on any atom is 0.281 e. The summed E-state index contributed by atoms with van der Waals surface area (Å²) in [4.78, 5) is 23.3. The number of rotatable bonds is 7. The molecule has 10 heteroatoms. The zero-order valence-corrected chi connectivity index (χ0v) is 20.6. The van der Waals surface area contributed by atoms with Crippen LogP contribution in [0.4, 0.5) is 5.69 Å². The third-order valence-electron chi connectivity index (χ3n) is 4.58. The minimum absolute atomic E-state index is 0.0134. The van der Waals surface area contributed by atoms with Crippen LogP contribution in [-0.2, 0) is 6.61 Å². The lowest BCUT2D eigenvalue weighted by Crippen LogP contribution is -2.16. The van der Waals surface area contributed by atoms with Crippen molar-refractivity contribution in [3.63, 3.8) is 0 Å². The van der Waals surface area contributed by atoms with Gasteiger partial charge in [0.1, 0.15) is 12.4 Å². The van der Waals surface area contributed by atoms with Gasteiger partial charge in [-0.3, -0.25) is 14.9 Å². The van der Waals surface area contributed by atoms with E-state index >= 15 is 0 Å². The highest BCUT2D eigenvalue weighted by molar-refractivity contribution is 14.1. The molecular formula is C23H15ClIN3O4S. The molecule has 3 aromatic carbocycles. The Kier molecular flexibility index (Phi) is 7.21. The number of hydrogen-bond acceptors (Lipinski definition) is 6. The van der Waals surface area contributed by atoms with E-state index < -0.39 is 4.92 Å². The lowest BCUT2D eigenvalue weighted by molar-refractivity contribution is -0.384. The van der Waals surface area contributed by atoms with E-state index in [-0.39, 0.29) is 11.6 Å². The second-order valence-corrected chi connectivity index (χ2v) is 9.58. The molecule has 4 rings (SSSR count). The van der Waals surface area contributed by atoms with Crippen molar-refractivity contribution in [1.82, 2.24) is 5.43 Å². The number of fused-ring (bicyclic) bond motifs is 1. The molecule has 33 heavy (non-hydrogen) atoms. The lowest BCUT2D eigenvalue weighted by Gasteiger charge is -2.09. The number of ether oxygens (including phenoxy) is 1. The highest BCUT2D eigenvalue weighted by Crippen LogP contribution is 2.29. The van der Waals surface area contributed by atoms with E-state index in [4.69, 9.17) is 16.3 Å². The van der Waals surface area contributed by atoms with Crippen molar-refractivity contribution in [2.45, 2.75) is 6.61 Å². The van der Waals surface area contributed by atoms with Gasteiger partial charge in [0.05, 0.1) is 19.6 Å². The van der Waals surface area contributed by atoms with Crippen molar-refractivity contribution in [3.8, 4) is 5.75 Å². The number of nitro groups is 1. The van der Waals surface area contributed by atoms with Gasteiger partial charge in [-0.05, 0) is 76.2 Å². The van der Waals surface area contributed by atoms with Crippen molar-refractivity contribution in [2.75, 3.05) is 0 Å². The number of hydrogen-bond donors (Lipinski definition) is 1. The molecule has 0 radical (unpaired) electrons. The maximum atomic E-state index is 12.4. The van der Waals surface area contributed by atoms with Crippen LogP contribution in [0, 0.1) is 13.7 Å². The van der Waals surface area contributed by atoms with Crippen LogP contribution in [-0.4, -0.2) is 17.0 Å². The Bertz CT molecular complexity index is 1370. The summed E-state index contributed by atoms with van der Waals surface area (Å²) in [7, 11) is 0. The molecule has 1 amide bonds. The van der Waals surface area contributed by atoms with Crippen molar-refractivity contribution < 1.29 is 14.5 Å². The van der Waals surface area contributed by atoms with Crippen LogP contribution in [0.2, 0.25) is 5.02 Å². The Labute approximate surface area is 211 Å². The standard InChI is InChI=1S/C23H15ClIN3O4S/c24-17-4-1-14(2-5-17)13-32-20-7-3-15(9-19(20)25)12-26-27-23(29)22-11-16-10-18(28(30)31)6-8-21(16)33-22/h1-12H,13H2,(H,27,29)/b26-12-. The maximum absolute atomic E-state index is 12.4. The van der Waals surface area contributed by atoms with Crippen molar-refractivity contribution in [2.24, 2.45) is 5.10 Å². The molecule has 0 saturated carbocycles. The van der Waals surface area contributed by atoms with Crippen molar-refractivity contribution >= 4 is 73.4 Å². The third-order valence-corrected chi connectivity index (χ3v) is 6.79. The van der Waals surface area contributed by atoms with Gasteiger partial charge >= 0.3 is 0 Å². The monoisotopic (exact) mass is 591 g/mol. The zero-order valence-electron chi connectivity index (χ0n) is 16.8. The Morgan fingerprint density at radius 1 is 1.15 bits per heavy atom. The van der Waals surface area contributed by atoms with E-state index in [0.29, 0.717) is 21.9 Å². The van der Waals surface area contributed by atoms with E-state index in [1.54, 1.807) is 18.3 Å². The Morgan fingerprint density at radius 2 is 1.94 bits per heavy atom. The van der Waals surface area contributed by atoms with Crippen LogP contribution in [0.3, 0.4) is 0 Å². The molecule has 166 valence electrons. The number of nitrogens with zero attached hydrogens (tertiary/aromatic N) is 2. The summed E-state index contributed by atoms with van der Waals surface area (Å²) < 4.78 is 7.56. The molecule has 4 aromatic rings. The number of carbonyl (C=O) groups is 1. The van der Waals surface area contributed by atoms with Gasteiger partial charge in [-0.25, -0.2) is 5.43 Å². The summed E-state index contributed by atoms with van der Waals surface area (Å²) in [5.74, 6) is 0.360. The second-order valence-electron chi connectivity index (χ2n) is 6.89. The molecule has 0 aliphatic carbocycles. The van der Waals surface area contributed by atoms with E-state index in [2.05, 4.69) is 33.1 Å². The number of hydrazone groups is 1. The Morgan fingerprint density at radius 3 is 2.67 bits per heavy atom. The number of benzene rings is 3. The molecule has 0 saturated heterocycles.